The second kappa shape index (κ2) is 8.56. The number of ether oxygens (including phenoxy) is 1. The van der Waals surface area contributed by atoms with Gasteiger partial charge in [-0.3, -0.25) is 9.59 Å². The predicted molar refractivity (Wildman–Crippen MR) is 97.1 cm³/mol. The lowest BCUT2D eigenvalue weighted by Gasteiger charge is -2.31. The fraction of sp³-hybridized carbons (Fsp3) is 0.400. The first kappa shape index (κ1) is 18.0. The predicted octanol–water partition coefficient (Wildman–Crippen LogP) is 2.64. The Balaban J connectivity index is 1.43. The maximum Gasteiger partial charge on any atom is 0.289 e. The van der Waals surface area contributed by atoms with Gasteiger partial charge in [0, 0.05) is 25.6 Å². The highest BCUT2D eigenvalue weighted by Gasteiger charge is 2.25. The molecule has 0 aliphatic carbocycles. The van der Waals surface area contributed by atoms with E-state index in [9.17, 15) is 9.59 Å². The molecule has 1 aromatic carbocycles. The van der Waals surface area contributed by atoms with Gasteiger partial charge in [-0.2, -0.15) is 0 Å². The van der Waals surface area contributed by atoms with Crippen LogP contribution < -0.4 is 10.1 Å². The molecule has 0 unspecified atom stereocenters. The molecular weight excluding hydrogens is 332 g/mol. The summed E-state index contributed by atoms with van der Waals surface area (Å²) in [7, 11) is 1.64. The van der Waals surface area contributed by atoms with Crippen LogP contribution in [0.2, 0.25) is 0 Å². The fourth-order valence-corrected chi connectivity index (χ4v) is 3.24. The first-order valence-electron chi connectivity index (χ1n) is 8.91. The third-order valence-electron chi connectivity index (χ3n) is 4.69. The number of carbonyl (C=O) groups is 2. The second-order valence-electron chi connectivity index (χ2n) is 6.42. The van der Waals surface area contributed by atoms with E-state index in [1.807, 2.05) is 24.3 Å². The molecule has 1 saturated heterocycles. The number of piperidine rings is 1. The summed E-state index contributed by atoms with van der Waals surface area (Å²) in [6, 6.07) is 11.2. The molecule has 1 fully saturated rings. The molecule has 2 amide bonds. The van der Waals surface area contributed by atoms with Crippen molar-refractivity contribution < 1.29 is 18.7 Å². The monoisotopic (exact) mass is 356 g/mol. The van der Waals surface area contributed by atoms with Gasteiger partial charge in [-0.15, -0.1) is 0 Å². The minimum Gasteiger partial charge on any atom is -0.496 e. The van der Waals surface area contributed by atoms with Crippen molar-refractivity contribution in [1.29, 1.82) is 0 Å². The van der Waals surface area contributed by atoms with Crippen LogP contribution in [0.25, 0.3) is 0 Å². The van der Waals surface area contributed by atoms with Gasteiger partial charge in [0.25, 0.3) is 5.91 Å². The molecule has 0 radical (unpaired) electrons. The number of methoxy groups -OCH3 is 1. The molecule has 6 heteroatoms. The normalized spacial score (nSPS) is 14.9. The van der Waals surface area contributed by atoms with E-state index in [1.165, 1.54) is 6.26 Å². The average Bonchev–Trinajstić information content (AvgIpc) is 3.21. The molecule has 0 atom stereocenters. The summed E-state index contributed by atoms with van der Waals surface area (Å²) < 4.78 is 10.5. The van der Waals surface area contributed by atoms with Crippen LogP contribution in [0.3, 0.4) is 0 Å². The molecule has 0 spiro atoms. The van der Waals surface area contributed by atoms with E-state index in [1.54, 1.807) is 24.1 Å². The molecule has 6 nitrogen and oxygen atoms in total. The average molecular weight is 356 g/mol. The zero-order valence-electron chi connectivity index (χ0n) is 14.9. The molecule has 1 N–H and O–H groups in total. The molecule has 138 valence electrons. The first-order chi connectivity index (χ1) is 12.7. The van der Waals surface area contributed by atoms with Crippen LogP contribution in [0.1, 0.15) is 35.4 Å². The lowest BCUT2D eigenvalue weighted by atomic mass is 10.0. The van der Waals surface area contributed by atoms with E-state index in [4.69, 9.17) is 9.15 Å². The van der Waals surface area contributed by atoms with E-state index in [2.05, 4.69) is 5.32 Å². The van der Waals surface area contributed by atoms with Crippen LogP contribution in [0.5, 0.6) is 5.75 Å². The maximum atomic E-state index is 12.2. The zero-order valence-corrected chi connectivity index (χ0v) is 14.9. The van der Waals surface area contributed by atoms with Gasteiger partial charge in [0.15, 0.2) is 5.76 Å². The minimum atomic E-state index is -0.0871. The summed E-state index contributed by atoms with van der Waals surface area (Å²) in [5.41, 5.74) is 1.03. The minimum absolute atomic E-state index is 0.0340. The number of hydrogen-bond donors (Lipinski definition) is 1. The number of nitrogens with one attached hydrogen (secondary N) is 1. The van der Waals surface area contributed by atoms with Gasteiger partial charge in [0.05, 0.1) is 13.4 Å². The number of aryl methyl sites for hydroxylation is 1. The number of amides is 2. The number of rotatable bonds is 6. The van der Waals surface area contributed by atoms with E-state index in [-0.39, 0.29) is 17.9 Å². The van der Waals surface area contributed by atoms with Crippen molar-refractivity contribution in [1.82, 2.24) is 10.2 Å². The molecule has 1 aliphatic heterocycles. The zero-order chi connectivity index (χ0) is 18.4. The summed E-state index contributed by atoms with van der Waals surface area (Å²) in [6.45, 7) is 1.24. The van der Waals surface area contributed by atoms with Gasteiger partial charge in [0.1, 0.15) is 5.75 Å². The van der Waals surface area contributed by atoms with Crippen LogP contribution in [0, 0.1) is 0 Å². The molecule has 0 saturated carbocycles. The second-order valence-corrected chi connectivity index (χ2v) is 6.42. The van der Waals surface area contributed by atoms with Gasteiger partial charge < -0.3 is 19.4 Å². The standard InChI is InChI=1S/C20H24N2O4/c1-25-17-6-3-2-5-15(17)8-9-19(23)21-16-10-12-22(13-11-16)20(24)18-7-4-14-26-18/h2-7,14,16H,8-13H2,1H3,(H,21,23). The highest BCUT2D eigenvalue weighted by molar-refractivity contribution is 5.91. The van der Waals surface area contributed by atoms with Crippen molar-refractivity contribution in [3.05, 3.63) is 54.0 Å². The lowest BCUT2D eigenvalue weighted by Crippen LogP contribution is -2.46. The number of para-hydroxylation sites is 1. The van der Waals surface area contributed by atoms with Crippen LogP contribution in [0.15, 0.2) is 47.1 Å². The summed E-state index contributed by atoms with van der Waals surface area (Å²) in [6.07, 6.45) is 4.08. The summed E-state index contributed by atoms with van der Waals surface area (Å²) in [4.78, 5) is 26.3. The molecule has 26 heavy (non-hydrogen) atoms. The molecule has 1 aromatic heterocycles. The molecule has 1 aliphatic rings. The van der Waals surface area contributed by atoms with Crippen LogP contribution in [0.4, 0.5) is 0 Å². The lowest BCUT2D eigenvalue weighted by molar-refractivity contribution is -0.122. The Morgan fingerprint density at radius 3 is 2.65 bits per heavy atom. The maximum absolute atomic E-state index is 12.2. The van der Waals surface area contributed by atoms with Crippen molar-refractivity contribution in [3.63, 3.8) is 0 Å². The third kappa shape index (κ3) is 4.45. The van der Waals surface area contributed by atoms with E-state index in [0.717, 1.165) is 24.2 Å². The first-order valence-corrected chi connectivity index (χ1v) is 8.91. The van der Waals surface area contributed by atoms with Crippen LogP contribution in [-0.2, 0) is 11.2 Å². The number of carbonyl (C=O) groups excluding carboxylic acids is 2. The van der Waals surface area contributed by atoms with Crippen molar-refractivity contribution in [2.24, 2.45) is 0 Å². The number of furan rings is 1. The quantitative estimate of drug-likeness (QED) is 0.864. The molecule has 2 heterocycles. The summed E-state index contributed by atoms with van der Waals surface area (Å²) >= 11 is 0. The molecule has 0 bridgehead atoms. The third-order valence-corrected chi connectivity index (χ3v) is 4.69. The Morgan fingerprint density at radius 1 is 1.19 bits per heavy atom. The van der Waals surface area contributed by atoms with E-state index in [0.29, 0.717) is 31.7 Å². The van der Waals surface area contributed by atoms with Crippen molar-refractivity contribution in [2.45, 2.75) is 31.7 Å². The highest BCUT2D eigenvalue weighted by Crippen LogP contribution is 2.19. The molecule has 3 rings (SSSR count). The molecule has 2 aromatic rings. The van der Waals surface area contributed by atoms with Crippen molar-refractivity contribution in [3.8, 4) is 5.75 Å². The summed E-state index contributed by atoms with van der Waals surface area (Å²) in [5.74, 6) is 1.12. The number of hydrogen-bond acceptors (Lipinski definition) is 4. The summed E-state index contributed by atoms with van der Waals surface area (Å²) in [5, 5.41) is 3.08. The number of likely N-dealkylation sites (tertiary alicyclic amines) is 1. The Hall–Kier alpha value is -2.76. The van der Waals surface area contributed by atoms with Gasteiger partial charge in [-0.25, -0.2) is 0 Å². The SMILES string of the molecule is COc1ccccc1CCC(=O)NC1CCN(C(=O)c2ccco2)CC1. The van der Waals surface area contributed by atoms with Gasteiger partial charge in [-0.1, -0.05) is 18.2 Å². The van der Waals surface area contributed by atoms with Gasteiger partial charge in [0.2, 0.25) is 5.91 Å². The fourth-order valence-electron chi connectivity index (χ4n) is 3.24. The molecular formula is C20H24N2O4. The highest BCUT2D eigenvalue weighted by atomic mass is 16.5. The van der Waals surface area contributed by atoms with Crippen LogP contribution >= 0.6 is 0 Å². The topological polar surface area (TPSA) is 71.8 Å². The number of nitrogens with zero attached hydrogens (tertiary/aromatic N) is 1. The largest absolute Gasteiger partial charge is 0.496 e. The van der Waals surface area contributed by atoms with Gasteiger partial charge in [-0.05, 0) is 43.0 Å². The number of benzene rings is 1. The van der Waals surface area contributed by atoms with E-state index >= 15 is 0 Å². The van der Waals surface area contributed by atoms with Crippen LogP contribution in [-0.4, -0.2) is 43.0 Å². The Bertz CT molecular complexity index is 734. The Labute approximate surface area is 153 Å². The Morgan fingerprint density at radius 2 is 1.96 bits per heavy atom. The van der Waals surface area contributed by atoms with Gasteiger partial charge >= 0.3 is 0 Å². The van der Waals surface area contributed by atoms with Crippen molar-refractivity contribution >= 4 is 11.8 Å². The van der Waals surface area contributed by atoms with E-state index < -0.39 is 0 Å². The smallest absolute Gasteiger partial charge is 0.289 e. The Kier molecular flexibility index (Phi) is 5.94. The van der Waals surface area contributed by atoms with Crippen molar-refractivity contribution in [2.75, 3.05) is 20.2 Å².